The van der Waals surface area contributed by atoms with Crippen LogP contribution in [0.4, 0.5) is 11.5 Å². The fourth-order valence-corrected chi connectivity index (χ4v) is 1.92. The molecule has 15 heavy (non-hydrogen) atoms. The summed E-state index contributed by atoms with van der Waals surface area (Å²) in [4.78, 5) is 6.38. The van der Waals surface area contributed by atoms with Crippen molar-refractivity contribution in [3.8, 4) is 0 Å². The molecule has 1 heterocycles. The lowest BCUT2D eigenvalue weighted by Crippen LogP contribution is -2.11. The predicted octanol–water partition coefficient (Wildman–Crippen LogP) is 3.61. The van der Waals surface area contributed by atoms with Crippen LogP contribution in [-0.4, -0.2) is 12.0 Å². The SMILES string of the molecule is CN(c1ccccc1)c1ncccc1Br. The lowest BCUT2D eigenvalue weighted by molar-refractivity contribution is 1.12. The number of benzene rings is 1. The van der Waals surface area contributed by atoms with Crippen molar-refractivity contribution in [1.82, 2.24) is 4.98 Å². The summed E-state index contributed by atoms with van der Waals surface area (Å²) in [5.74, 6) is 0.920. The molecular weight excluding hydrogens is 252 g/mol. The van der Waals surface area contributed by atoms with Crippen molar-refractivity contribution in [1.29, 1.82) is 0 Å². The van der Waals surface area contributed by atoms with Crippen molar-refractivity contribution >= 4 is 27.4 Å². The molecule has 2 aromatic rings. The normalized spacial score (nSPS) is 10.0. The second-order valence-electron chi connectivity index (χ2n) is 3.20. The molecule has 0 amide bonds. The van der Waals surface area contributed by atoms with Gasteiger partial charge in [-0.1, -0.05) is 18.2 Å². The third kappa shape index (κ3) is 2.18. The first-order chi connectivity index (χ1) is 7.29. The Morgan fingerprint density at radius 3 is 2.47 bits per heavy atom. The summed E-state index contributed by atoms with van der Waals surface area (Å²) in [6.45, 7) is 0. The molecule has 3 heteroatoms. The Labute approximate surface area is 97.7 Å². The van der Waals surface area contributed by atoms with Gasteiger partial charge in [0.25, 0.3) is 0 Å². The molecule has 0 unspecified atom stereocenters. The minimum atomic E-state index is 0.920. The van der Waals surface area contributed by atoms with Gasteiger partial charge in [0.2, 0.25) is 0 Å². The van der Waals surface area contributed by atoms with E-state index in [0.29, 0.717) is 0 Å². The topological polar surface area (TPSA) is 16.1 Å². The van der Waals surface area contributed by atoms with Crippen molar-refractivity contribution in [2.24, 2.45) is 0 Å². The third-order valence-electron chi connectivity index (χ3n) is 2.20. The third-order valence-corrected chi connectivity index (χ3v) is 2.82. The number of hydrogen-bond acceptors (Lipinski definition) is 2. The van der Waals surface area contributed by atoms with E-state index in [0.717, 1.165) is 16.0 Å². The standard InChI is InChI=1S/C12H11BrN2/c1-15(10-6-3-2-4-7-10)12-11(13)8-5-9-14-12/h2-9H,1H3. The number of aromatic nitrogens is 1. The van der Waals surface area contributed by atoms with Gasteiger partial charge in [0.15, 0.2) is 0 Å². The monoisotopic (exact) mass is 262 g/mol. The van der Waals surface area contributed by atoms with Crippen LogP contribution >= 0.6 is 15.9 Å². The Hall–Kier alpha value is -1.35. The second kappa shape index (κ2) is 4.45. The summed E-state index contributed by atoms with van der Waals surface area (Å²) >= 11 is 3.49. The zero-order chi connectivity index (χ0) is 10.7. The Balaban J connectivity index is 2.37. The molecule has 0 bridgehead atoms. The van der Waals surface area contributed by atoms with Crippen LogP contribution in [-0.2, 0) is 0 Å². The van der Waals surface area contributed by atoms with Gasteiger partial charge in [0.1, 0.15) is 5.82 Å². The fraction of sp³-hybridized carbons (Fsp3) is 0.0833. The number of hydrogen-bond donors (Lipinski definition) is 0. The predicted molar refractivity (Wildman–Crippen MR) is 66.4 cm³/mol. The Bertz CT molecular complexity index is 442. The highest BCUT2D eigenvalue weighted by Crippen LogP contribution is 2.27. The molecule has 0 spiro atoms. The van der Waals surface area contributed by atoms with Crippen LogP contribution in [0.25, 0.3) is 0 Å². The first kappa shape index (κ1) is 10.2. The van der Waals surface area contributed by atoms with Crippen LogP contribution in [0.15, 0.2) is 53.1 Å². The van der Waals surface area contributed by atoms with Gasteiger partial charge >= 0.3 is 0 Å². The summed E-state index contributed by atoms with van der Waals surface area (Å²) in [7, 11) is 2.00. The van der Waals surface area contributed by atoms with E-state index in [2.05, 4.69) is 33.0 Å². The molecule has 2 rings (SSSR count). The molecule has 0 saturated heterocycles. The van der Waals surface area contributed by atoms with Gasteiger partial charge in [-0.05, 0) is 40.2 Å². The van der Waals surface area contributed by atoms with Gasteiger partial charge in [-0.3, -0.25) is 0 Å². The average molecular weight is 263 g/mol. The van der Waals surface area contributed by atoms with E-state index in [1.807, 2.05) is 42.3 Å². The Kier molecular flexibility index (Phi) is 3.02. The summed E-state index contributed by atoms with van der Waals surface area (Å²) in [6, 6.07) is 14.0. The van der Waals surface area contributed by atoms with E-state index < -0.39 is 0 Å². The van der Waals surface area contributed by atoms with Gasteiger partial charge in [-0.15, -0.1) is 0 Å². The molecule has 76 valence electrons. The molecule has 1 aromatic heterocycles. The highest BCUT2D eigenvalue weighted by atomic mass is 79.9. The number of nitrogens with zero attached hydrogens (tertiary/aromatic N) is 2. The second-order valence-corrected chi connectivity index (χ2v) is 4.06. The summed E-state index contributed by atoms with van der Waals surface area (Å²) in [6.07, 6.45) is 1.79. The van der Waals surface area contributed by atoms with E-state index in [4.69, 9.17) is 0 Å². The van der Waals surface area contributed by atoms with Crippen LogP contribution in [0.1, 0.15) is 0 Å². The molecule has 0 aliphatic rings. The highest BCUT2D eigenvalue weighted by molar-refractivity contribution is 9.10. The zero-order valence-corrected chi connectivity index (χ0v) is 9.98. The summed E-state index contributed by atoms with van der Waals surface area (Å²) in [5.41, 5.74) is 1.12. The van der Waals surface area contributed by atoms with Crippen LogP contribution < -0.4 is 4.90 Å². The maximum Gasteiger partial charge on any atom is 0.147 e. The lowest BCUT2D eigenvalue weighted by Gasteiger charge is -2.19. The largest absolute Gasteiger partial charge is 0.329 e. The van der Waals surface area contributed by atoms with Crippen LogP contribution in [0, 0.1) is 0 Å². The molecule has 0 aliphatic heterocycles. The van der Waals surface area contributed by atoms with Crippen molar-refractivity contribution in [2.45, 2.75) is 0 Å². The van der Waals surface area contributed by atoms with E-state index in [1.54, 1.807) is 6.20 Å². The molecule has 1 aromatic carbocycles. The van der Waals surface area contributed by atoms with Crippen LogP contribution in [0.2, 0.25) is 0 Å². The van der Waals surface area contributed by atoms with E-state index in [1.165, 1.54) is 0 Å². The van der Waals surface area contributed by atoms with Gasteiger partial charge in [0, 0.05) is 18.9 Å². The van der Waals surface area contributed by atoms with Gasteiger partial charge in [-0.2, -0.15) is 0 Å². The number of anilines is 2. The number of para-hydroxylation sites is 1. The summed E-state index contributed by atoms with van der Waals surface area (Å²) in [5, 5.41) is 0. The van der Waals surface area contributed by atoms with E-state index in [9.17, 15) is 0 Å². The molecule has 0 aliphatic carbocycles. The van der Waals surface area contributed by atoms with Gasteiger partial charge < -0.3 is 4.90 Å². The Morgan fingerprint density at radius 1 is 1.07 bits per heavy atom. The lowest BCUT2D eigenvalue weighted by atomic mass is 10.3. The Morgan fingerprint density at radius 2 is 1.80 bits per heavy atom. The van der Waals surface area contributed by atoms with E-state index >= 15 is 0 Å². The molecule has 0 saturated carbocycles. The quantitative estimate of drug-likeness (QED) is 0.822. The minimum absolute atomic E-state index is 0.920. The van der Waals surface area contributed by atoms with Crippen molar-refractivity contribution in [3.63, 3.8) is 0 Å². The molecule has 2 nitrogen and oxygen atoms in total. The molecule has 0 atom stereocenters. The maximum absolute atomic E-state index is 4.33. The average Bonchev–Trinajstić information content (AvgIpc) is 2.30. The first-order valence-corrected chi connectivity index (χ1v) is 5.47. The van der Waals surface area contributed by atoms with Gasteiger partial charge in [0.05, 0.1) is 4.47 Å². The summed E-state index contributed by atoms with van der Waals surface area (Å²) < 4.78 is 0.997. The highest BCUT2D eigenvalue weighted by Gasteiger charge is 2.07. The molecule has 0 fully saturated rings. The van der Waals surface area contributed by atoms with Crippen molar-refractivity contribution in [2.75, 3.05) is 11.9 Å². The maximum atomic E-state index is 4.33. The van der Waals surface area contributed by atoms with Gasteiger partial charge in [-0.25, -0.2) is 4.98 Å². The number of rotatable bonds is 2. The fourth-order valence-electron chi connectivity index (χ4n) is 1.40. The zero-order valence-electron chi connectivity index (χ0n) is 8.39. The van der Waals surface area contributed by atoms with E-state index in [-0.39, 0.29) is 0 Å². The first-order valence-electron chi connectivity index (χ1n) is 4.68. The number of pyridine rings is 1. The molecule has 0 N–H and O–H groups in total. The van der Waals surface area contributed by atoms with Crippen molar-refractivity contribution < 1.29 is 0 Å². The smallest absolute Gasteiger partial charge is 0.147 e. The number of halogens is 1. The molecular formula is C12H11BrN2. The van der Waals surface area contributed by atoms with Crippen molar-refractivity contribution in [3.05, 3.63) is 53.1 Å². The molecule has 0 radical (unpaired) electrons. The van der Waals surface area contributed by atoms with Crippen LogP contribution in [0.3, 0.4) is 0 Å². The minimum Gasteiger partial charge on any atom is -0.329 e. The van der Waals surface area contributed by atoms with Crippen LogP contribution in [0.5, 0.6) is 0 Å².